The molecule has 188 valence electrons. The van der Waals surface area contributed by atoms with E-state index in [1.165, 1.54) is 6.33 Å². The van der Waals surface area contributed by atoms with Gasteiger partial charge >= 0.3 is 0 Å². The lowest BCUT2D eigenvalue weighted by Gasteiger charge is -2.44. The van der Waals surface area contributed by atoms with E-state index in [2.05, 4.69) is 15.6 Å². The summed E-state index contributed by atoms with van der Waals surface area (Å²) in [5.41, 5.74) is 0.530. The number of amides is 3. The van der Waals surface area contributed by atoms with E-state index in [4.69, 9.17) is 16.3 Å². The van der Waals surface area contributed by atoms with Gasteiger partial charge < -0.3 is 24.8 Å². The van der Waals surface area contributed by atoms with Gasteiger partial charge in [0.05, 0.1) is 29.7 Å². The van der Waals surface area contributed by atoms with Crippen LogP contribution in [0.1, 0.15) is 66.6 Å². The molecule has 2 N–H and O–H groups in total. The van der Waals surface area contributed by atoms with Crippen LogP contribution in [0.2, 0.25) is 5.02 Å². The highest BCUT2D eigenvalue weighted by Gasteiger charge is 2.53. The van der Waals surface area contributed by atoms with Gasteiger partial charge in [0.2, 0.25) is 5.91 Å². The monoisotopic (exact) mass is 501 g/mol. The zero-order valence-electron chi connectivity index (χ0n) is 20.6. The van der Waals surface area contributed by atoms with Crippen LogP contribution < -0.4 is 10.6 Å². The molecule has 1 aromatic heterocycles. The second-order valence-electron chi connectivity index (χ2n) is 9.72. The standard InChI is InChI=1S/C25H32ClN5O4/c1-15(2)35-11-5-10-27-24(34)25(4)13-30-14-28-20(21(30)23(33)31(25)17-7-8-17)22(32)29-19-9-6-16(3)12-18(19)26/h6,9,12,14-15,17H,5,7-8,10-11,13H2,1-4H3,(H,27,34)(H,29,32)/t25-/m1/s1. The van der Waals surface area contributed by atoms with Crippen LogP contribution >= 0.6 is 11.6 Å². The summed E-state index contributed by atoms with van der Waals surface area (Å²) >= 11 is 6.26. The predicted molar refractivity (Wildman–Crippen MR) is 133 cm³/mol. The second-order valence-corrected chi connectivity index (χ2v) is 10.1. The fourth-order valence-electron chi connectivity index (χ4n) is 4.41. The number of anilines is 1. The van der Waals surface area contributed by atoms with E-state index in [1.807, 2.05) is 26.8 Å². The topological polar surface area (TPSA) is 106 Å². The van der Waals surface area contributed by atoms with Crippen LogP contribution in [0.3, 0.4) is 0 Å². The molecule has 10 heteroatoms. The number of fused-ring (bicyclic) bond motifs is 1. The minimum absolute atomic E-state index is 0.0191. The number of hydrogen-bond acceptors (Lipinski definition) is 5. The van der Waals surface area contributed by atoms with Gasteiger partial charge in [0, 0.05) is 19.2 Å². The van der Waals surface area contributed by atoms with Crippen LogP contribution in [0.5, 0.6) is 0 Å². The Morgan fingerprint density at radius 1 is 1.31 bits per heavy atom. The second kappa shape index (κ2) is 9.99. The highest BCUT2D eigenvalue weighted by molar-refractivity contribution is 6.34. The number of imidazole rings is 1. The first kappa shape index (κ1) is 25.2. The molecule has 2 heterocycles. The van der Waals surface area contributed by atoms with Crippen LogP contribution in [-0.4, -0.2) is 63.0 Å². The highest BCUT2D eigenvalue weighted by atomic mass is 35.5. The molecule has 35 heavy (non-hydrogen) atoms. The largest absolute Gasteiger partial charge is 0.379 e. The van der Waals surface area contributed by atoms with Gasteiger partial charge in [-0.2, -0.15) is 0 Å². The first-order valence-corrected chi connectivity index (χ1v) is 12.4. The number of hydrogen-bond donors (Lipinski definition) is 2. The Balaban J connectivity index is 1.54. The Morgan fingerprint density at radius 3 is 2.71 bits per heavy atom. The van der Waals surface area contributed by atoms with Gasteiger partial charge in [-0.1, -0.05) is 17.7 Å². The number of carbonyl (C=O) groups excluding carboxylic acids is 3. The van der Waals surface area contributed by atoms with Gasteiger partial charge in [0.1, 0.15) is 11.2 Å². The molecule has 2 aromatic rings. The molecule has 4 rings (SSSR count). The summed E-state index contributed by atoms with van der Waals surface area (Å²) in [5, 5.41) is 6.12. The average molecular weight is 502 g/mol. The summed E-state index contributed by atoms with van der Waals surface area (Å²) in [5.74, 6) is -1.11. The third-order valence-electron chi connectivity index (χ3n) is 6.32. The zero-order chi connectivity index (χ0) is 25.3. The Bertz CT molecular complexity index is 1140. The van der Waals surface area contributed by atoms with Gasteiger partial charge in [-0.15, -0.1) is 0 Å². The highest BCUT2D eigenvalue weighted by Crippen LogP contribution is 2.39. The van der Waals surface area contributed by atoms with Crippen LogP contribution in [0.25, 0.3) is 0 Å². The number of nitrogens with zero attached hydrogens (tertiary/aromatic N) is 3. The molecule has 1 saturated carbocycles. The molecule has 2 aliphatic rings. The number of carbonyl (C=O) groups is 3. The molecule has 1 aromatic carbocycles. The van der Waals surface area contributed by atoms with Crippen molar-refractivity contribution in [3.05, 3.63) is 46.5 Å². The molecule has 0 radical (unpaired) electrons. The Hall–Kier alpha value is -2.91. The summed E-state index contributed by atoms with van der Waals surface area (Å²) in [6.07, 6.45) is 3.92. The lowest BCUT2D eigenvalue weighted by atomic mass is 9.94. The summed E-state index contributed by atoms with van der Waals surface area (Å²) in [7, 11) is 0. The van der Waals surface area contributed by atoms with Crippen LogP contribution in [0.15, 0.2) is 24.5 Å². The lowest BCUT2D eigenvalue weighted by Crippen LogP contribution is -2.64. The summed E-state index contributed by atoms with van der Waals surface area (Å²) in [6.45, 7) is 8.83. The van der Waals surface area contributed by atoms with Crippen molar-refractivity contribution in [1.82, 2.24) is 19.8 Å². The van der Waals surface area contributed by atoms with Crippen molar-refractivity contribution < 1.29 is 19.1 Å². The zero-order valence-corrected chi connectivity index (χ0v) is 21.3. The first-order chi connectivity index (χ1) is 16.6. The maximum Gasteiger partial charge on any atom is 0.276 e. The summed E-state index contributed by atoms with van der Waals surface area (Å²) in [4.78, 5) is 45.9. The molecule has 0 bridgehead atoms. The Morgan fingerprint density at radius 2 is 2.06 bits per heavy atom. The molecule has 0 saturated heterocycles. The fraction of sp³-hybridized carbons (Fsp3) is 0.520. The molecule has 1 fully saturated rings. The number of halogens is 1. The molecule has 0 spiro atoms. The first-order valence-electron chi connectivity index (χ1n) is 12.0. The van der Waals surface area contributed by atoms with E-state index in [-0.39, 0.29) is 41.9 Å². The van der Waals surface area contributed by atoms with Crippen molar-refractivity contribution >= 4 is 35.0 Å². The summed E-state index contributed by atoms with van der Waals surface area (Å²) in [6, 6.07) is 5.26. The van der Waals surface area contributed by atoms with Gasteiger partial charge in [-0.05, 0) is 64.7 Å². The van der Waals surface area contributed by atoms with E-state index in [0.717, 1.165) is 18.4 Å². The molecule has 1 aliphatic heterocycles. The lowest BCUT2D eigenvalue weighted by molar-refractivity contribution is -0.133. The third-order valence-corrected chi connectivity index (χ3v) is 6.63. The van der Waals surface area contributed by atoms with E-state index < -0.39 is 11.4 Å². The number of aromatic nitrogens is 2. The predicted octanol–water partition coefficient (Wildman–Crippen LogP) is 3.41. The maximum absolute atomic E-state index is 13.7. The van der Waals surface area contributed by atoms with E-state index in [1.54, 1.807) is 28.5 Å². The molecule has 3 amide bonds. The SMILES string of the molecule is Cc1ccc(NC(=O)c2ncn3c2C(=O)N(C2CC2)[C@@](C)(C(=O)NCCCOC(C)C)C3)c(Cl)c1. The Kier molecular flexibility index (Phi) is 7.19. The van der Waals surface area contributed by atoms with Crippen LogP contribution in [0.4, 0.5) is 5.69 Å². The smallest absolute Gasteiger partial charge is 0.276 e. The van der Waals surface area contributed by atoms with Gasteiger partial charge in [0.25, 0.3) is 11.8 Å². The van der Waals surface area contributed by atoms with Crippen LogP contribution in [0, 0.1) is 6.92 Å². The molecule has 0 unspecified atom stereocenters. The minimum atomic E-state index is -1.08. The van der Waals surface area contributed by atoms with Crippen molar-refractivity contribution in [2.45, 2.75) is 71.2 Å². The summed E-state index contributed by atoms with van der Waals surface area (Å²) < 4.78 is 7.14. The molecule has 9 nitrogen and oxygen atoms in total. The fourth-order valence-corrected chi connectivity index (χ4v) is 4.69. The van der Waals surface area contributed by atoms with Crippen molar-refractivity contribution in [3.8, 4) is 0 Å². The quantitative estimate of drug-likeness (QED) is 0.512. The van der Waals surface area contributed by atoms with Gasteiger partial charge in [-0.25, -0.2) is 4.98 Å². The number of benzene rings is 1. The molecular formula is C25H32ClN5O4. The van der Waals surface area contributed by atoms with E-state index in [0.29, 0.717) is 30.3 Å². The van der Waals surface area contributed by atoms with Crippen molar-refractivity contribution in [2.75, 3.05) is 18.5 Å². The Labute approximate surface area is 210 Å². The minimum Gasteiger partial charge on any atom is -0.379 e. The number of aryl methyl sites for hydroxylation is 1. The van der Waals surface area contributed by atoms with Crippen molar-refractivity contribution in [3.63, 3.8) is 0 Å². The van der Waals surface area contributed by atoms with E-state index in [9.17, 15) is 14.4 Å². The molecule has 1 atom stereocenters. The van der Waals surface area contributed by atoms with Crippen molar-refractivity contribution in [2.24, 2.45) is 0 Å². The van der Waals surface area contributed by atoms with Gasteiger partial charge in [-0.3, -0.25) is 14.4 Å². The third kappa shape index (κ3) is 5.21. The average Bonchev–Trinajstić information content (AvgIpc) is 3.52. The van der Waals surface area contributed by atoms with Crippen LogP contribution in [-0.2, 0) is 16.1 Å². The molecule has 1 aliphatic carbocycles. The van der Waals surface area contributed by atoms with Gasteiger partial charge in [0.15, 0.2) is 5.69 Å². The maximum atomic E-state index is 13.7. The number of nitrogens with one attached hydrogen (secondary N) is 2. The van der Waals surface area contributed by atoms with Crippen molar-refractivity contribution in [1.29, 1.82) is 0 Å². The number of rotatable bonds is 9. The normalized spacial score (nSPS) is 19.6. The number of ether oxygens (including phenoxy) is 1. The van der Waals surface area contributed by atoms with E-state index >= 15 is 0 Å². The molecular weight excluding hydrogens is 470 g/mol.